The standard InChI is InChI=1S/C26H32N4O4S/c1-3-14-34-24-15-20(8-11-23(24)33-2)22-18-35-26(32)30(28-22)16-19-6-9-21(10-7-19)27-25(31)17-29-12-4-5-13-29/h6-11,15H,3-5,12-14,16-18H2,1-2H3,(H,27,31). The Morgan fingerprint density at radius 1 is 1.11 bits per heavy atom. The van der Waals surface area contributed by atoms with E-state index in [0.29, 0.717) is 36.9 Å². The van der Waals surface area contributed by atoms with E-state index in [2.05, 4.69) is 22.2 Å². The number of likely N-dealkylation sites (tertiary alicyclic amines) is 1. The van der Waals surface area contributed by atoms with Crippen molar-refractivity contribution in [2.24, 2.45) is 5.10 Å². The van der Waals surface area contributed by atoms with E-state index in [1.54, 1.807) is 7.11 Å². The second-order valence-electron chi connectivity index (χ2n) is 8.60. The van der Waals surface area contributed by atoms with Crippen LogP contribution < -0.4 is 14.8 Å². The van der Waals surface area contributed by atoms with Gasteiger partial charge >= 0.3 is 5.24 Å². The largest absolute Gasteiger partial charge is 0.493 e. The molecule has 0 radical (unpaired) electrons. The molecule has 4 rings (SSSR count). The molecule has 2 heterocycles. The number of ether oxygens (including phenoxy) is 2. The highest BCUT2D eigenvalue weighted by atomic mass is 32.2. The van der Waals surface area contributed by atoms with Gasteiger partial charge in [-0.05, 0) is 68.2 Å². The van der Waals surface area contributed by atoms with E-state index in [4.69, 9.17) is 9.47 Å². The normalized spacial score (nSPS) is 16.2. The summed E-state index contributed by atoms with van der Waals surface area (Å²) in [7, 11) is 1.62. The van der Waals surface area contributed by atoms with Crippen LogP contribution in [0.5, 0.6) is 11.5 Å². The lowest BCUT2D eigenvalue weighted by Crippen LogP contribution is -2.31. The fourth-order valence-corrected chi connectivity index (χ4v) is 4.79. The summed E-state index contributed by atoms with van der Waals surface area (Å²) >= 11 is 1.23. The van der Waals surface area contributed by atoms with Gasteiger partial charge < -0.3 is 14.8 Å². The van der Waals surface area contributed by atoms with Crippen molar-refractivity contribution in [3.05, 3.63) is 53.6 Å². The molecule has 0 aliphatic carbocycles. The van der Waals surface area contributed by atoms with Gasteiger partial charge in [-0.3, -0.25) is 14.5 Å². The number of nitrogens with zero attached hydrogens (tertiary/aromatic N) is 3. The predicted molar refractivity (Wildman–Crippen MR) is 139 cm³/mol. The minimum absolute atomic E-state index is 0.00160. The molecule has 0 unspecified atom stereocenters. The average Bonchev–Trinajstić information content (AvgIpc) is 3.38. The summed E-state index contributed by atoms with van der Waals surface area (Å²) in [5, 5.41) is 8.99. The number of benzene rings is 2. The highest BCUT2D eigenvalue weighted by Gasteiger charge is 2.23. The molecule has 1 N–H and O–H groups in total. The lowest BCUT2D eigenvalue weighted by molar-refractivity contribution is -0.117. The summed E-state index contributed by atoms with van der Waals surface area (Å²) in [5.74, 6) is 1.84. The predicted octanol–water partition coefficient (Wildman–Crippen LogP) is 4.59. The Morgan fingerprint density at radius 2 is 1.89 bits per heavy atom. The summed E-state index contributed by atoms with van der Waals surface area (Å²) in [6, 6.07) is 13.3. The van der Waals surface area contributed by atoms with Crippen molar-refractivity contribution < 1.29 is 19.1 Å². The van der Waals surface area contributed by atoms with Crippen molar-refractivity contribution in [3.63, 3.8) is 0 Å². The summed E-state index contributed by atoms with van der Waals surface area (Å²) in [6.45, 7) is 5.40. The maximum atomic E-state index is 12.5. The molecule has 186 valence electrons. The topological polar surface area (TPSA) is 83.5 Å². The number of hydrazone groups is 1. The van der Waals surface area contributed by atoms with Gasteiger partial charge in [-0.2, -0.15) is 5.10 Å². The Balaban J connectivity index is 1.41. The average molecular weight is 497 g/mol. The lowest BCUT2D eigenvalue weighted by Gasteiger charge is -2.23. The molecule has 2 amide bonds. The molecule has 0 bridgehead atoms. The number of hydrogen-bond donors (Lipinski definition) is 1. The smallest absolute Gasteiger partial charge is 0.302 e. The minimum atomic E-state index is -0.0901. The van der Waals surface area contributed by atoms with Crippen molar-refractivity contribution in [3.8, 4) is 11.5 Å². The quantitative estimate of drug-likeness (QED) is 0.518. The molecule has 0 spiro atoms. The van der Waals surface area contributed by atoms with Crippen LogP contribution in [0, 0.1) is 0 Å². The number of methoxy groups -OCH3 is 1. The Morgan fingerprint density at radius 3 is 2.60 bits per heavy atom. The molecule has 8 nitrogen and oxygen atoms in total. The van der Waals surface area contributed by atoms with E-state index in [1.807, 2.05) is 42.5 Å². The van der Waals surface area contributed by atoms with Crippen molar-refractivity contribution in [1.29, 1.82) is 0 Å². The molecular formula is C26H32N4O4S. The second-order valence-corrected chi connectivity index (χ2v) is 9.53. The molecule has 2 aliphatic heterocycles. The van der Waals surface area contributed by atoms with E-state index in [0.717, 1.165) is 54.9 Å². The third-order valence-corrected chi connectivity index (χ3v) is 6.75. The van der Waals surface area contributed by atoms with Gasteiger partial charge in [0.1, 0.15) is 0 Å². The molecule has 0 saturated carbocycles. The number of anilines is 1. The number of amides is 2. The zero-order chi connectivity index (χ0) is 24.6. The third-order valence-electron chi connectivity index (χ3n) is 5.88. The first-order valence-electron chi connectivity index (χ1n) is 12.0. The van der Waals surface area contributed by atoms with Gasteiger partial charge in [-0.15, -0.1) is 0 Å². The van der Waals surface area contributed by atoms with E-state index >= 15 is 0 Å². The third kappa shape index (κ3) is 6.76. The van der Waals surface area contributed by atoms with Gasteiger partial charge in [0.25, 0.3) is 0 Å². The van der Waals surface area contributed by atoms with Crippen molar-refractivity contribution in [2.45, 2.75) is 32.7 Å². The Hall–Kier alpha value is -3.04. The Labute approximate surface area is 210 Å². The fraction of sp³-hybridized carbons (Fsp3) is 0.423. The number of thioether (sulfide) groups is 1. The van der Waals surface area contributed by atoms with Crippen LogP contribution in [0.1, 0.15) is 37.3 Å². The molecule has 2 aromatic carbocycles. The van der Waals surface area contributed by atoms with Crippen LogP contribution in [-0.2, 0) is 11.3 Å². The van der Waals surface area contributed by atoms with Crippen molar-refractivity contribution >= 4 is 34.3 Å². The van der Waals surface area contributed by atoms with Crippen molar-refractivity contribution in [1.82, 2.24) is 9.91 Å². The zero-order valence-corrected chi connectivity index (χ0v) is 21.1. The fourth-order valence-electron chi connectivity index (χ4n) is 4.05. The van der Waals surface area contributed by atoms with E-state index < -0.39 is 0 Å². The van der Waals surface area contributed by atoms with Crippen LogP contribution in [-0.4, -0.2) is 65.9 Å². The highest BCUT2D eigenvalue weighted by Crippen LogP contribution is 2.30. The highest BCUT2D eigenvalue weighted by molar-refractivity contribution is 8.14. The van der Waals surface area contributed by atoms with E-state index in [1.165, 1.54) is 16.8 Å². The number of carbonyl (C=O) groups is 2. The first-order chi connectivity index (χ1) is 17.1. The van der Waals surface area contributed by atoms with Crippen LogP contribution in [0.15, 0.2) is 47.6 Å². The Kier molecular flexibility index (Phi) is 8.65. The molecule has 35 heavy (non-hydrogen) atoms. The SMILES string of the molecule is CCCOc1cc(C2=NN(Cc3ccc(NC(=O)CN4CCCC4)cc3)C(=O)SC2)ccc1OC. The summed E-state index contributed by atoms with van der Waals surface area (Å²) in [5.41, 5.74) is 3.39. The summed E-state index contributed by atoms with van der Waals surface area (Å²) in [6.07, 6.45) is 3.21. The number of rotatable bonds is 10. The van der Waals surface area contributed by atoms with Crippen LogP contribution >= 0.6 is 11.8 Å². The van der Waals surface area contributed by atoms with Gasteiger partial charge in [0, 0.05) is 17.0 Å². The van der Waals surface area contributed by atoms with Crippen molar-refractivity contribution in [2.75, 3.05) is 44.4 Å². The first kappa shape index (κ1) is 25.1. The molecular weight excluding hydrogens is 464 g/mol. The monoisotopic (exact) mass is 496 g/mol. The maximum Gasteiger partial charge on any atom is 0.302 e. The zero-order valence-electron chi connectivity index (χ0n) is 20.3. The molecule has 1 fully saturated rings. The molecule has 1 saturated heterocycles. The molecule has 2 aliphatic rings. The van der Waals surface area contributed by atoms with Crippen LogP contribution in [0.2, 0.25) is 0 Å². The van der Waals surface area contributed by atoms with Crippen LogP contribution in [0.4, 0.5) is 10.5 Å². The van der Waals surface area contributed by atoms with E-state index in [-0.39, 0.29) is 11.1 Å². The first-order valence-corrected chi connectivity index (χ1v) is 13.0. The number of nitrogens with one attached hydrogen (secondary N) is 1. The maximum absolute atomic E-state index is 12.5. The molecule has 0 atom stereocenters. The second kappa shape index (κ2) is 12.1. The van der Waals surface area contributed by atoms with Gasteiger partial charge in [-0.1, -0.05) is 30.8 Å². The van der Waals surface area contributed by atoms with Gasteiger partial charge in [0.2, 0.25) is 5.91 Å². The summed E-state index contributed by atoms with van der Waals surface area (Å²) < 4.78 is 11.2. The summed E-state index contributed by atoms with van der Waals surface area (Å²) in [4.78, 5) is 27.0. The van der Waals surface area contributed by atoms with Gasteiger partial charge in [0.05, 0.1) is 32.5 Å². The lowest BCUT2D eigenvalue weighted by atomic mass is 10.1. The number of carbonyl (C=O) groups excluding carboxylic acids is 2. The van der Waals surface area contributed by atoms with Crippen LogP contribution in [0.3, 0.4) is 0 Å². The van der Waals surface area contributed by atoms with E-state index in [9.17, 15) is 9.59 Å². The van der Waals surface area contributed by atoms with Gasteiger partial charge in [0.15, 0.2) is 11.5 Å². The minimum Gasteiger partial charge on any atom is -0.493 e. The Bertz CT molecular complexity index is 1070. The number of hydrogen-bond acceptors (Lipinski definition) is 7. The molecule has 9 heteroatoms. The van der Waals surface area contributed by atoms with Gasteiger partial charge in [-0.25, -0.2) is 5.01 Å². The molecule has 0 aromatic heterocycles. The van der Waals surface area contributed by atoms with Crippen LogP contribution in [0.25, 0.3) is 0 Å². The molecule has 2 aromatic rings.